The van der Waals surface area contributed by atoms with Crippen molar-refractivity contribution in [3.05, 3.63) is 11.3 Å². The summed E-state index contributed by atoms with van der Waals surface area (Å²) in [5.41, 5.74) is 8.42. The molecule has 4 nitrogen and oxygen atoms in total. The first-order valence-corrected chi connectivity index (χ1v) is 5.60. The number of halogens is 1. The second kappa shape index (κ2) is 5.06. The van der Waals surface area contributed by atoms with Crippen LogP contribution in [0.25, 0.3) is 0 Å². The van der Waals surface area contributed by atoms with Gasteiger partial charge in [-0.3, -0.25) is 9.58 Å². The predicted octanol–water partition coefficient (Wildman–Crippen LogP) is 1.44. The summed E-state index contributed by atoms with van der Waals surface area (Å²) < 4.78 is 1.80. The summed E-state index contributed by atoms with van der Waals surface area (Å²) in [6, 6.07) is 0. The molecule has 2 heterocycles. The van der Waals surface area contributed by atoms with Crippen LogP contribution in [0.3, 0.4) is 0 Å². The van der Waals surface area contributed by atoms with Crippen LogP contribution < -0.4 is 5.73 Å². The number of hydrogen-bond acceptors (Lipinski definition) is 3. The van der Waals surface area contributed by atoms with Crippen molar-refractivity contribution >= 4 is 18.2 Å². The van der Waals surface area contributed by atoms with Crippen molar-refractivity contribution in [3.8, 4) is 0 Å². The zero-order valence-electron chi connectivity index (χ0n) is 10.2. The van der Waals surface area contributed by atoms with Gasteiger partial charge in [-0.15, -0.1) is 12.4 Å². The average Bonchev–Trinajstić information content (AvgIpc) is 2.43. The molecule has 1 aromatic rings. The van der Waals surface area contributed by atoms with E-state index >= 15 is 0 Å². The summed E-state index contributed by atoms with van der Waals surface area (Å²) in [6.07, 6.45) is 1.03. The van der Waals surface area contributed by atoms with Gasteiger partial charge in [-0.25, -0.2) is 0 Å². The van der Waals surface area contributed by atoms with Gasteiger partial charge in [0.2, 0.25) is 0 Å². The lowest BCUT2D eigenvalue weighted by Crippen LogP contribution is -2.33. The van der Waals surface area contributed by atoms with Gasteiger partial charge in [0, 0.05) is 38.7 Å². The van der Waals surface area contributed by atoms with Gasteiger partial charge in [-0.2, -0.15) is 5.10 Å². The predicted molar refractivity (Wildman–Crippen MR) is 68.7 cm³/mol. The third-order valence-corrected chi connectivity index (χ3v) is 2.95. The van der Waals surface area contributed by atoms with Crippen LogP contribution in [-0.2, 0) is 20.0 Å². The van der Waals surface area contributed by atoms with E-state index in [1.807, 2.05) is 7.05 Å². The molecule has 0 bridgehead atoms. The summed E-state index contributed by atoms with van der Waals surface area (Å²) in [5, 5.41) is 4.43. The molecule has 0 saturated carbocycles. The first-order valence-electron chi connectivity index (χ1n) is 5.60. The molecule has 92 valence electrons. The fraction of sp³-hybridized carbons (Fsp3) is 0.727. The maximum atomic E-state index is 5.99. The first kappa shape index (κ1) is 13.3. The van der Waals surface area contributed by atoms with Crippen LogP contribution in [-0.4, -0.2) is 27.8 Å². The molecule has 16 heavy (non-hydrogen) atoms. The van der Waals surface area contributed by atoms with Gasteiger partial charge in [0.05, 0.1) is 5.69 Å². The van der Waals surface area contributed by atoms with Crippen LogP contribution in [0.4, 0.5) is 5.82 Å². The van der Waals surface area contributed by atoms with Crippen LogP contribution >= 0.6 is 12.4 Å². The quantitative estimate of drug-likeness (QED) is 0.857. The van der Waals surface area contributed by atoms with Crippen molar-refractivity contribution in [2.45, 2.75) is 26.8 Å². The maximum absolute atomic E-state index is 5.99. The second-order valence-corrected chi connectivity index (χ2v) is 4.81. The number of hydrogen-bond donors (Lipinski definition) is 1. The molecule has 0 saturated heterocycles. The van der Waals surface area contributed by atoms with Crippen molar-refractivity contribution in [1.82, 2.24) is 14.7 Å². The summed E-state index contributed by atoms with van der Waals surface area (Å²) in [7, 11) is 1.92. The van der Waals surface area contributed by atoms with E-state index in [0.717, 1.165) is 31.9 Å². The maximum Gasteiger partial charge on any atom is 0.126 e. The normalized spacial score (nSPS) is 16.0. The largest absolute Gasteiger partial charge is 0.384 e. The fourth-order valence-corrected chi connectivity index (χ4v) is 2.25. The number of nitrogens with two attached hydrogens (primary N) is 1. The highest BCUT2D eigenvalue weighted by molar-refractivity contribution is 5.85. The van der Waals surface area contributed by atoms with Crippen molar-refractivity contribution < 1.29 is 0 Å². The molecule has 1 aliphatic heterocycles. The highest BCUT2D eigenvalue weighted by Gasteiger charge is 2.22. The Morgan fingerprint density at radius 2 is 2.12 bits per heavy atom. The summed E-state index contributed by atoms with van der Waals surface area (Å²) in [5.74, 6) is 1.54. The van der Waals surface area contributed by atoms with E-state index < -0.39 is 0 Å². The summed E-state index contributed by atoms with van der Waals surface area (Å²) in [4.78, 5) is 2.46. The number of aromatic nitrogens is 2. The Morgan fingerprint density at radius 1 is 1.44 bits per heavy atom. The zero-order chi connectivity index (χ0) is 11.0. The number of nitrogens with zero attached hydrogens (tertiary/aromatic N) is 3. The molecule has 0 fully saturated rings. The lowest BCUT2D eigenvalue weighted by atomic mass is 10.1. The summed E-state index contributed by atoms with van der Waals surface area (Å²) >= 11 is 0. The molecule has 0 unspecified atom stereocenters. The van der Waals surface area contributed by atoms with Crippen LogP contribution in [0, 0.1) is 5.92 Å². The Kier molecular flexibility index (Phi) is 4.21. The SMILES string of the molecule is CC(C)CN1CCc2nn(C)c(N)c2C1.Cl. The molecule has 1 aliphatic rings. The van der Waals surface area contributed by atoms with Crippen molar-refractivity contribution in [3.63, 3.8) is 0 Å². The molecular formula is C11H21ClN4. The molecule has 0 aliphatic carbocycles. The van der Waals surface area contributed by atoms with E-state index in [1.165, 1.54) is 11.3 Å². The molecule has 2 rings (SSSR count). The third-order valence-electron chi connectivity index (χ3n) is 2.95. The van der Waals surface area contributed by atoms with Gasteiger partial charge in [0.25, 0.3) is 0 Å². The fourth-order valence-electron chi connectivity index (χ4n) is 2.25. The van der Waals surface area contributed by atoms with Gasteiger partial charge in [0.15, 0.2) is 0 Å². The van der Waals surface area contributed by atoms with E-state index in [9.17, 15) is 0 Å². The lowest BCUT2D eigenvalue weighted by molar-refractivity contribution is 0.226. The number of fused-ring (bicyclic) bond motifs is 1. The minimum absolute atomic E-state index is 0. The molecule has 0 radical (unpaired) electrons. The van der Waals surface area contributed by atoms with Crippen LogP contribution in [0.15, 0.2) is 0 Å². The minimum atomic E-state index is 0. The standard InChI is InChI=1S/C11H20N4.ClH/c1-8(2)6-15-5-4-10-9(7-15)11(12)14(3)13-10;/h8H,4-7,12H2,1-3H3;1H. The van der Waals surface area contributed by atoms with E-state index in [1.54, 1.807) is 4.68 Å². The average molecular weight is 245 g/mol. The number of rotatable bonds is 2. The monoisotopic (exact) mass is 244 g/mol. The Labute approximate surface area is 103 Å². The van der Waals surface area contributed by atoms with E-state index in [0.29, 0.717) is 5.92 Å². The molecule has 0 aromatic carbocycles. The number of nitrogen functional groups attached to an aromatic ring is 1. The topological polar surface area (TPSA) is 47.1 Å². The Hall–Kier alpha value is -0.740. The van der Waals surface area contributed by atoms with E-state index in [-0.39, 0.29) is 12.4 Å². The molecule has 5 heteroatoms. The van der Waals surface area contributed by atoms with Gasteiger partial charge < -0.3 is 5.73 Å². The highest BCUT2D eigenvalue weighted by Crippen LogP contribution is 2.23. The van der Waals surface area contributed by atoms with Crippen LogP contribution in [0.2, 0.25) is 0 Å². The van der Waals surface area contributed by atoms with E-state index in [4.69, 9.17) is 5.73 Å². The zero-order valence-corrected chi connectivity index (χ0v) is 11.0. The van der Waals surface area contributed by atoms with Crippen molar-refractivity contribution in [1.29, 1.82) is 0 Å². The van der Waals surface area contributed by atoms with Crippen molar-refractivity contribution in [2.75, 3.05) is 18.8 Å². The third kappa shape index (κ3) is 2.50. The number of anilines is 1. The Morgan fingerprint density at radius 3 is 2.75 bits per heavy atom. The first-order chi connectivity index (χ1) is 7.08. The highest BCUT2D eigenvalue weighted by atomic mass is 35.5. The lowest BCUT2D eigenvalue weighted by Gasteiger charge is -2.27. The van der Waals surface area contributed by atoms with Gasteiger partial charge in [0.1, 0.15) is 5.82 Å². The molecule has 1 aromatic heterocycles. The number of aryl methyl sites for hydroxylation is 1. The van der Waals surface area contributed by atoms with E-state index in [2.05, 4.69) is 23.8 Å². The Balaban J connectivity index is 0.00000128. The van der Waals surface area contributed by atoms with Gasteiger partial charge in [-0.05, 0) is 5.92 Å². The van der Waals surface area contributed by atoms with Crippen LogP contribution in [0.1, 0.15) is 25.1 Å². The second-order valence-electron chi connectivity index (χ2n) is 4.81. The molecular weight excluding hydrogens is 224 g/mol. The smallest absolute Gasteiger partial charge is 0.126 e. The summed E-state index contributed by atoms with van der Waals surface area (Å²) in [6.45, 7) is 7.73. The minimum Gasteiger partial charge on any atom is -0.384 e. The van der Waals surface area contributed by atoms with Crippen molar-refractivity contribution in [2.24, 2.45) is 13.0 Å². The Bertz CT molecular complexity index is 359. The molecule has 2 N–H and O–H groups in total. The van der Waals surface area contributed by atoms with Gasteiger partial charge in [-0.1, -0.05) is 13.8 Å². The molecule has 0 spiro atoms. The van der Waals surface area contributed by atoms with Crippen LogP contribution in [0.5, 0.6) is 0 Å². The molecule has 0 amide bonds. The van der Waals surface area contributed by atoms with Gasteiger partial charge >= 0.3 is 0 Å². The molecule has 0 atom stereocenters.